The summed E-state index contributed by atoms with van der Waals surface area (Å²) in [6.07, 6.45) is 4.59. The van der Waals surface area contributed by atoms with Gasteiger partial charge in [-0.25, -0.2) is 0 Å². The van der Waals surface area contributed by atoms with Crippen molar-refractivity contribution in [3.63, 3.8) is 0 Å². The standard InChI is InChI=1S/C34H56N2O9/c35-25-15-19(10-12-36-25)11-13-43-33-31(42)29(40)24(17-37)44-34(33)45-32-20(14-18-6-2-1-3-7-18)16-23-26(30(32)41)28(39)22-9-5-4-8-21(22)27(23)38/h18-26,29-34,36-37,40-42H,1-17,35H2. The number of nitrogens with two attached hydrogens (primary N) is 1. The summed E-state index contributed by atoms with van der Waals surface area (Å²) in [5.41, 5.74) is 6.07. The smallest absolute Gasteiger partial charge is 0.187 e. The zero-order valence-electron chi connectivity index (χ0n) is 26.6. The predicted octanol–water partition coefficient (Wildman–Crippen LogP) is 1.41. The molecule has 0 amide bonds. The van der Waals surface area contributed by atoms with Gasteiger partial charge in [0, 0.05) is 24.4 Å². The van der Waals surface area contributed by atoms with Crippen molar-refractivity contribution < 1.29 is 44.2 Å². The van der Waals surface area contributed by atoms with Crippen LogP contribution in [0.3, 0.4) is 0 Å². The summed E-state index contributed by atoms with van der Waals surface area (Å²) < 4.78 is 18.8. The van der Waals surface area contributed by atoms with Crippen molar-refractivity contribution in [1.29, 1.82) is 0 Å². The third kappa shape index (κ3) is 7.22. The quantitative estimate of drug-likeness (QED) is 0.202. The average Bonchev–Trinajstić information content (AvgIpc) is 3.04. The Kier molecular flexibility index (Phi) is 11.3. The molecule has 7 N–H and O–H groups in total. The Morgan fingerprint density at radius 3 is 2.22 bits per heavy atom. The van der Waals surface area contributed by atoms with Gasteiger partial charge in [0.05, 0.1) is 30.9 Å². The number of Topliss-reactive ketones (excluding diaryl/α,β-unsaturated/α-hetero) is 2. The first-order valence-electron chi connectivity index (χ1n) is 17.9. The van der Waals surface area contributed by atoms with Gasteiger partial charge in [-0.15, -0.1) is 0 Å². The van der Waals surface area contributed by atoms with E-state index in [1.165, 1.54) is 6.42 Å². The zero-order valence-corrected chi connectivity index (χ0v) is 26.6. The Morgan fingerprint density at radius 1 is 0.800 bits per heavy atom. The maximum Gasteiger partial charge on any atom is 0.187 e. The van der Waals surface area contributed by atoms with Crippen LogP contribution in [0.5, 0.6) is 0 Å². The third-order valence-corrected chi connectivity index (χ3v) is 12.2. The molecule has 2 heterocycles. The Bertz CT molecular complexity index is 1010. The van der Waals surface area contributed by atoms with E-state index in [1.807, 2.05) is 0 Å². The molecule has 0 aromatic carbocycles. The van der Waals surface area contributed by atoms with Crippen molar-refractivity contribution in [3.8, 4) is 0 Å². The second-order valence-electron chi connectivity index (χ2n) is 15.0. The van der Waals surface area contributed by atoms with Crippen molar-refractivity contribution >= 4 is 11.6 Å². The number of aliphatic hydroxyl groups excluding tert-OH is 4. The van der Waals surface area contributed by atoms with Gasteiger partial charge in [-0.05, 0) is 69.2 Å². The Labute approximate surface area is 266 Å². The minimum absolute atomic E-state index is 0.0113. The Hall–Kier alpha value is -1.02. The number of ketones is 2. The molecule has 0 aromatic heterocycles. The van der Waals surface area contributed by atoms with Gasteiger partial charge in [-0.3, -0.25) is 9.59 Å². The lowest BCUT2D eigenvalue weighted by molar-refractivity contribution is -0.333. The number of hydrogen-bond donors (Lipinski definition) is 6. The minimum Gasteiger partial charge on any atom is -0.394 e. The number of hydrogen-bond acceptors (Lipinski definition) is 11. The molecular weight excluding hydrogens is 580 g/mol. The summed E-state index contributed by atoms with van der Waals surface area (Å²) in [4.78, 5) is 27.8. The first-order valence-corrected chi connectivity index (χ1v) is 17.9. The highest BCUT2D eigenvalue weighted by Crippen LogP contribution is 2.50. The summed E-state index contributed by atoms with van der Waals surface area (Å²) in [5.74, 6) is -1.14. The minimum atomic E-state index is -1.39. The predicted molar refractivity (Wildman–Crippen MR) is 163 cm³/mol. The summed E-state index contributed by atoms with van der Waals surface area (Å²) in [5, 5.41) is 47.1. The van der Waals surface area contributed by atoms with Gasteiger partial charge in [0.15, 0.2) is 6.29 Å². The van der Waals surface area contributed by atoms with Crippen molar-refractivity contribution in [1.82, 2.24) is 5.32 Å². The molecule has 45 heavy (non-hydrogen) atoms. The Balaban J connectivity index is 1.23. The summed E-state index contributed by atoms with van der Waals surface area (Å²) in [7, 11) is 0. The number of rotatable bonds is 9. The lowest BCUT2D eigenvalue weighted by Gasteiger charge is -2.52. The van der Waals surface area contributed by atoms with E-state index in [0.29, 0.717) is 37.7 Å². The fourth-order valence-corrected chi connectivity index (χ4v) is 9.76. The van der Waals surface area contributed by atoms with Gasteiger partial charge < -0.3 is 45.7 Å². The fourth-order valence-electron chi connectivity index (χ4n) is 9.76. The van der Waals surface area contributed by atoms with Gasteiger partial charge in [0.25, 0.3) is 0 Å². The number of ether oxygens (including phenoxy) is 3. The lowest BCUT2D eigenvalue weighted by Crippen LogP contribution is -2.64. The molecule has 0 aromatic rings. The van der Waals surface area contributed by atoms with E-state index in [1.54, 1.807) is 0 Å². The molecule has 4 aliphatic carbocycles. The van der Waals surface area contributed by atoms with Crippen LogP contribution < -0.4 is 11.1 Å². The molecule has 0 radical (unpaired) electrons. The molecule has 2 saturated heterocycles. The Morgan fingerprint density at radius 2 is 1.51 bits per heavy atom. The maximum atomic E-state index is 13.9. The average molecular weight is 637 g/mol. The van der Waals surface area contributed by atoms with E-state index in [4.69, 9.17) is 19.9 Å². The zero-order chi connectivity index (χ0) is 31.7. The number of fused-ring (bicyclic) bond motifs is 2. The molecule has 14 unspecified atom stereocenters. The monoisotopic (exact) mass is 636 g/mol. The van der Waals surface area contributed by atoms with E-state index >= 15 is 0 Å². The van der Waals surface area contributed by atoms with E-state index in [9.17, 15) is 30.0 Å². The normalized spacial score (nSPS) is 46.4. The van der Waals surface area contributed by atoms with Crippen LogP contribution in [-0.4, -0.2) is 101 Å². The first-order chi connectivity index (χ1) is 21.8. The van der Waals surface area contributed by atoms with Gasteiger partial charge in [0.2, 0.25) is 0 Å². The number of aliphatic hydroxyl groups is 4. The van der Waals surface area contributed by atoms with Crippen LogP contribution in [0.1, 0.15) is 89.9 Å². The van der Waals surface area contributed by atoms with Gasteiger partial charge in [-0.1, -0.05) is 44.9 Å². The van der Waals surface area contributed by atoms with Crippen LogP contribution in [0, 0.1) is 41.4 Å². The number of nitrogens with one attached hydrogen (secondary N) is 1. The molecule has 6 rings (SSSR count). The fraction of sp³-hybridized carbons (Fsp3) is 0.941. The largest absolute Gasteiger partial charge is 0.394 e. The van der Waals surface area contributed by atoms with Crippen LogP contribution >= 0.6 is 0 Å². The van der Waals surface area contributed by atoms with Crippen LogP contribution in [-0.2, 0) is 23.8 Å². The van der Waals surface area contributed by atoms with Gasteiger partial charge in [0.1, 0.15) is 36.0 Å². The van der Waals surface area contributed by atoms with Crippen molar-refractivity contribution in [2.75, 3.05) is 19.8 Å². The van der Waals surface area contributed by atoms with Crippen molar-refractivity contribution in [2.45, 2.75) is 139 Å². The summed E-state index contributed by atoms with van der Waals surface area (Å²) >= 11 is 0. The van der Waals surface area contributed by atoms with Crippen LogP contribution in [0.15, 0.2) is 0 Å². The lowest BCUT2D eigenvalue weighted by atomic mass is 9.55. The highest BCUT2D eigenvalue weighted by molar-refractivity contribution is 6.00. The van der Waals surface area contributed by atoms with Gasteiger partial charge in [-0.2, -0.15) is 0 Å². The molecule has 11 nitrogen and oxygen atoms in total. The highest BCUT2D eigenvalue weighted by Gasteiger charge is 2.59. The first kappa shape index (κ1) is 33.9. The molecular formula is C34H56N2O9. The molecule has 0 bridgehead atoms. The van der Waals surface area contributed by atoms with Crippen LogP contribution in [0.4, 0.5) is 0 Å². The molecule has 6 fully saturated rings. The SMILES string of the molecule is NC1CC(CCOC2C(OC3C(CC4CCCCC4)CC4C(=O)C5CCCCC5C(=O)C4C3O)OC(CO)C(O)C2O)CCN1. The number of carbonyl (C=O) groups is 2. The second-order valence-corrected chi connectivity index (χ2v) is 15.0. The number of carbonyl (C=O) groups excluding carboxylic acids is 2. The molecule has 4 saturated carbocycles. The van der Waals surface area contributed by atoms with Crippen LogP contribution in [0.25, 0.3) is 0 Å². The summed E-state index contributed by atoms with van der Waals surface area (Å²) in [6.45, 7) is 0.589. The maximum absolute atomic E-state index is 13.9. The molecule has 6 aliphatic rings. The molecule has 0 spiro atoms. The van der Waals surface area contributed by atoms with E-state index in [0.717, 1.165) is 70.8 Å². The van der Waals surface area contributed by atoms with Crippen LogP contribution in [0.2, 0.25) is 0 Å². The van der Waals surface area contributed by atoms with E-state index < -0.39 is 61.4 Å². The van der Waals surface area contributed by atoms with Crippen molar-refractivity contribution in [2.24, 2.45) is 47.2 Å². The van der Waals surface area contributed by atoms with E-state index in [-0.39, 0.29) is 35.5 Å². The second kappa shape index (κ2) is 15.0. The molecule has 11 heteroatoms. The van der Waals surface area contributed by atoms with E-state index in [2.05, 4.69) is 5.32 Å². The van der Waals surface area contributed by atoms with Crippen molar-refractivity contribution in [3.05, 3.63) is 0 Å². The molecule has 2 aliphatic heterocycles. The topological polar surface area (TPSA) is 181 Å². The molecule has 14 atom stereocenters. The number of piperidine rings is 1. The van der Waals surface area contributed by atoms with Gasteiger partial charge >= 0.3 is 0 Å². The highest BCUT2D eigenvalue weighted by atomic mass is 16.7. The third-order valence-electron chi connectivity index (χ3n) is 12.2. The molecule has 256 valence electrons. The summed E-state index contributed by atoms with van der Waals surface area (Å²) in [6, 6.07) is 0.